The lowest BCUT2D eigenvalue weighted by Gasteiger charge is -2.21. The maximum absolute atomic E-state index is 13.8. The van der Waals surface area contributed by atoms with Crippen LogP contribution in [0.2, 0.25) is 0 Å². The molecule has 1 heterocycles. The second-order valence-electron chi connectivity index (χ2n) is 11.0. The predicted octanol–water partition coefficient (Wildman–Crippen LogP) is 4.79. The Morgan fingerprint density at radius 3 is 2.19 bits per heavy atom. The number of hydrogen-bond donors (Lipinski definition) is 6. The van der Waals surface area contributed by atoms with E-state index in [1.54, 1.807) is 36.4 Å². The van der Waals surface area contributed by atoms with E-state index < -0.39 is 34.3 Å². The van der Waals surface area contributed by atoms with E-state index in [2.05, 4.69) is 41.9 Å². The van der Waals surface area contributed by atoms with E-state index in [1.165, 1.54) is 19.2 Å². The molecule has 1 saturated carbocycles. The lowest BCUT2D eigenvalue weighted by molar-refractivity contribution is -0.137. The highest BCUT2D eigenvalue weighted by molar-refractivity contribution is 6.00. The van der Waals surface area contributed by atoms with E-state index in [0.717, 1.165) is 32.1 Å². The van der Waals surface area contributed by atoms with Crippen molar-refractivity contribution >= 4 is 52.0 Å². The molecular formula is C32H33F3N8O4. The number of amides is 2. The van der Waals surface area contributed by atoms with Gasteiger partial charge in [-0.05, 0) is 49.2 Å². The first-order valence-corrected chi connectivity index (χ1v) is 15.1. The Balaban J connectivity index is 1.23. The summed E-state index contributed by atoms with van der Waals surface area (Å²) in [7, 11) is 1.41. The first-order chi connectivity index (χ1) is 22.5. The summed E-state index contributed by atoms with van der Waals surface area (Å²) in [5.74, 6) is -1.18. The van der Waals surface area contributed by atoms with E-state index in [4.69, 9.17) is 0 Å². The van der Waals surface area contributed by atoms with Gasteiger partial charge in [0.2, 0.25) is 11.9 Å². The zero-order valence-electron chi connectivity index (χ0n) is 25.4. The number of anilines is 7. The Kier molecular flexibility index (Phi) is 10.0. The summed E-state index contributed by atoms with van der Waals surface area (Å²) < 4.78 is 41.4. The van der Waals surface area contributed by atoms with Crippen molar-refractivity contribution in [2.45, 2.75) is 38.3 Å². The minimum Gasteiger partial charge on any atom is -0.378 e. The molecule has 1 fully saturated rings. The number of carbonyl (C=O) groups excluding carboxylic acids is 2. The largest absolute Gasteiger partial charge is 0.421 e. The van der Waals surface area contributed by atoms with Gasteiger partial charge in [0.15, 0.2) is 0 Å². The highest BCUT2D eigenvalue weighted by atomic mass is 19.4. The molecule has 246 valence electrons. The molecule has 3 aromatic carbocycles. The molecule has 1 aliphatic rings. The average Bonchev–Trinajstić information content (AvgIpc) is 3.07. The summed E-state index contributed by atoms with van der Waals surface area (Å²) >= 11 is 0. The molecule has 2 amide bonds. The fraction of sp³-hybridized carbons (Fsp3) is 0.312. The number of nitrogens with one attached hydrogen (secondary N) is 6. The summed E-state index contributed by atoms with van der Waals surface area (Å²) in [5, 5.41) is 16.6. The molecule has 1 aliphatic carbocycles. The molecule has 0 unspecified atom stereocenters. The van der Waals surface area contributed by atoms with Crippen LogP contribution >= 0.6 is 0 Å². The molecule has 0 aliphatic heterocycles. The normalized spacial score (nSPS) is 13.5. The topological polar surface area (TPSA) is 166 Å². The fourth-order valence-electron chi connectivity index (χ4n) is 5.27. The SMILES string of the molecule is CNC(=O)c1ccccc1Nc1nc(Nc2ccc(Nc3c(NCCNC(=O)C4CCCCC4)c(=O)c3=O)cc2)ncc1C(F)(F)F. The molecule has 1 aromatic heterocycles. The molecule has 47 heavy (non-hydrogen) atoms. The number of alkyl halides is 3. The third-order valence-electron chi connectivity index (χ3n) is 7.77. The fourth-order valence-corrected chi connectivity index (χ4v) is 5.27. The van der Waals surface area contributed by atoms with Gasteiger partial charge in [0, 0.05) is 43.6 Å². The first kappa shape index (κ1) is 32.9. The molecule has 0 bridgehead atoms. The number of carbonyl (C=O) groups is 2. The van der Waals surface area contributed by atoms with Crippen LogP contribution in [0.5, 0.6) is 0 Å². The van der Waals surface area contributed by atoms with Gasteiger partial charge in [-0.15, -0.1) is 0 Å². The maximum Gasteiger partial charge on any atom is 0.421 e. The summed E-state index contributed by atoms with van der Waals surface area (Å²) in [4.78, 5) is 56.8. The summed E-state index contributed by atoms with van der Waals surface area (Å²) in [6.07, 6.45) is 0.859. The van der Waals surface area contributed by atoms with Crippen molar-refractivity contribution in [2.24, 2.45) is 5.92 Å². The Hall–Kier alpha value is -5.47. The van der Waals surface area contributed by atoms with Gasteiger partial charge in [-0.1, -0.05) is 31.4 Å². The van der Waals surface area contributed by atoms with Crippen LogP contribution in [-0.4, -0.2) is 41.9 Å². The van der Waals surface area contributed by atoms with Crippen molar-refractivity contribution in [1.29, 1.82) is 0 Å². The second kappa shape index (κ2) is 14.3. The van der Waals surface area contributed by atoms with E-state index in [9.17, 15) is 32.3 Å². The third kappa shape index (κ3) is 7.85. The Bertz CT molecular complexity index is 1810. The Morgan fingerprint density at radius 2 is 1.51 bits per heavy atom. The van der Waals surface area contributed by atoms with Crippen molar-refractivity contribution in [2.75, 3.05) is 41.4 Å². The minimum absolute atomic E-state index is 0.00377. The van der Waals surface area contributed by atoms with Crippen molar-refractivity contribution in [3.05, 3.63) is 86.3 Å². The van der Waals surface area contributed by atoms with Gasteiger partial charge >= 0.3 is 6.18 Å². The number of halogens is 3. The zero-order valence-corrected chi connectivity index (χ0v) is 25.4. The number of benzene rings is 2. The highest BCUT2D eigenvalue weighted by Gasteiger charge is 2.35. The lowest BCUT2D eigenvalue weighted by Crippen LogP contribution is -2.39. The highest BCUT2D eigenvalue weighted by Crippen LogP contribution is 2.36. The smallest absolute Gasteiger partial charge is 0.378 e. The second-order valence-corrected chi connectivity index (χ2v) is 11.0. The van der Waals surface area contributed by atoms with Crippen LogP contribution in [0.4, 0.5) is 53.4 Å². The van der Waals surface area contributed by atoms with Gasteiger partial charge < -0.3 is 31.9 Å². The number of nitrogens with zero attached hydrogens (tertiary/aromatic N) is 2. The lowest BCUT2D eigenvalue weighted by atomic mass is 9.89. The van der Waals surface area contributed by atoms with Gasteiger partial charge in [-0.2, -0.15) is 18.2 Å². The van der Waals surface area contributed by atoms with Crippen LogP contribution in [0.15, 0.2) is 64.3 Å². The average molecular weight is 651 g/mol. The molecule has 12 nitrogen and oxygen atoms in total. The Morgan fingerprint density at radius 1 is 0.851 bits per heavy atom. The van der Waals surface area contributed by atoms with Gasteiger partial charge in [0.25, 0.3) is 16.8 Å². The van der Waals surface area contributed by atoms with Crippen molar-refractivity contribution in [1.82, 2.24) is 20.6 Å². The number of rotatable bonds is 12. The quantitative estimate of drug-likeness (QED) is 0.0927. The van der Waals surface area contributed by atoms with E-state index >= 15 is 0 Å². The van der Waals surface area contributed by atoms with Gasteiger partial charge in [0.1, 0.15) is 22.8 Å². The van der Waals surface area contributed by atoms with E-state index in [-0.39, 0.29) is 46.9 Å². The van der Waals surface area contributed by atoms with Crippen molar-refractivity contribution < 1.29 is 22.8 Å². The molecule has 4 aromatic rings. The summed E-state index contributed by atoms with van der Waals surface area (Å²) in [6.45, 7) is 0.569. The third-order valence-corrected chi connectivity index (χ3v) is 7.77. The maximum atomic E-state index is 13.8. The molecule has 0 radical (unpaired) electrons. The number of hydrogen-bond acceptors (Lipinski definition) is 10. The number of aromatic nitrogens is 2. The first-order valence-electron chi connectivity index (χ1n) is 15.1. The van der Waals surface area contributed by atoms with Crippen LogP contribution < -0.4 is 42.8 Å². The molecule has 15 heteroatoms. The van der Waals surface area contributed by atoms with Crippen LogP contribution in [0.1, 0.15) is 48.0 Å². The van der Waals surface area contributed by atoms with Crippen LogP contribution in [-0.2, 0) is 11.0 Å². The standard InChI is InChI=1S/C32H33F3N8O4/c1-36-30(47)21-9-5-6-10-23(21)42-28-22(32(33,34)35)17-39-31(43-28)41-20-13-11-19(12-14-20)40-25-24(26(44)27(25)45)37-15-16-38-29(46)18-7-3-2-4-8-18/h5-6,9-14,17-18,37,40H,2-4,7-8,15-16H2,1H3,(H,36,47)(H,38,46)(H2,39,41,42,43). The van der Waals surface area contributed by atoms with Gasteiger partial charge in [-0.3, -0.25) is 19.2 Å². The van der Waals surface area contributed by atoms with Crippen LogP contribution in [0, 0.1) is 5.92 Å². The van der Waals surface area contributed by atoms with Crippen molar-refractivity contribution in [3.8, 4) is 0 Å². The van der Waals surface area contributed by atoms with E-state index in [1.807, 2.05) is 0 Å². The Labute approximate surface area is 267 Å². The molecule has 6 N–H and O–H groups in total. The van der Waals surface area contributed by atoms with Gasteiger partial charge in [0.05, 0.1) is 11.3 Å². The zero-order chi connectivity index (χ0) is 33.6. The predicted molar refractivity (Wildman–Crippen MR) is 173 cm³/mol. The van der Waals surface area contributed by atoms with Crippen LogP contribution in [0.3, 0.4) is 0 Å². The monoisotopic (exact) mass is 650 g/mol. The summed E-state index contributed by atoms with van der Waals surface area (Å²) in [5.41, 5.74) is -1.12. The molecule has 0 atom stereocenters. The van der Waals surface area contributed by atoms with Crippen molar-refractivity contribution in [3.63, 3.8) is 0 Å². The molecular weight excluding hydrogens is 617 g/mol. The molecule has 5 rings (SSSR count). The summed E-state index contributed by atoms with van der Waals surface area (Å²) in [6, 6.07) is 12.4. The molecule has 0 saturated heterocycles. The van der Waals surface area contributed by atoms with Gasteiger partial charge in [-0.25, -0.2) is 4.98 Å². The number of para-hydroxylation sites is 1. The minimum atomic E-state index is -4.78. The molecule has 0 spiro atoms. The van der Waals surface area contributed by atoms with Crippen LogP contribution in [0.25, 0.3) is 0 Å². The van der Waals surface area contributed by atoms with E-state index in [0.29, 0.717) is 24.1 Å².